The molecule has 5 nitrogen and oxygen atoms in total. The Morgan fingerprint density at radius 2 is 2.04 bits per heavy atom. The van der Waals surface area contributed by atoms with Gasteiger partial charge in [-0.15, -0.1) is 0 Å². The molecule has 1 aliphatic heterocycles. The fourth-order valence-corrected chi connectivity index (χ4v) is 4.73. The normalized spacial score (nSPS) is 18.7. The molecule has 1 aromatic heterocycles. The zero-order valence-electron chi connectivity index (χ0n) is 13.6. The van der Waals surface area contributed by atoms with Crippen LogP contribution in [0.15, 0.2) is 41.3 Å². The summed E-state index contributed by atoms with van der Waals surface area (Å²) in [6.45, 7) is 4.39. The maximum Gasteiger partial charge on any atom is 0.243 e. The van der Waals surface area contributed by atoms with Crippen molar-refractivity contribution in [3.8, 4) is 5.88 Å². The minimum Gasteiger partial charge on any atom is -0.473 e. The van der Waals surface area contributed by atoms with Gasteiger partial charge in [0, 0.05) is 23.3 Å². The summed E-state index contributed by atoms with van der Waals surface area (Å²) in [6.07, 6.45) is 0.433. The number of nitrogens with zero attached hydrogens (tertiary/aromatic N) is 2. The fraction of sp³-hybridized carbons (Fsp3) is 0.353. The number of ether oxygens (including phenoxy) is 1. The molecule has 7 heteroatoms. The van der Waals surface area contributed by atoms with Crippen LogP contribution in [0, 0.1) is 13.8 Å². The van der Waals surface area contributed by atoms with Crippen LogP contribution in [0.5, 0.6) is 5.88 Å². The molecule has 3 rings (SSSR count). The van der Waals surface area contributed by atoms with Crippen LogP contribution < -0.4 is 4.74 Å². The largest absolute Gasteiger partial charge is 0.473 e. The first-order valence-electron chi connectivity index (χ1n) is 7.73. The van der Waals surface area contributed by atoms with Gasteiger partial charge in [-0.2, -0.15) is 4.31 Å². The molecule has 0 spiro atoms. The predicted octanol–water partition coefficient (Wildman–Crippen LogP) is 3.19. The van der Waals surface area contributed by atoms with Gasteiger partial charge in [0.05, 0.1) is 11.4 Å². The summed E-state index contributed by atoms with van der Waals surface area (Å²) >= 11 is 5.96. The summed E-state index contributed by atoms with van der Waals surface area (Å²) in [6, 6.07) is 10.5. The molecule has 0 N–H and O–H groups in total. The van der Waals surface area contributed by atoms with Crippen molar-refractivity contribution in [2.45, 2.75) is 31.3 Å². The molecule has 1 aliphatic rings. The number of halogens is 1. The van der Waals surface area contributed by atoms with Crippen LogP contribution in [0.4, 0.5) is 0 Å². The van der Waals surface area contributed by atoms with Crippen LogP contribution in [0.25, 0.3) is 0 Å². The lowest BCUT2D eigenvalue weighted by atomic mass is 10.2. The highest BCUT2D eigenvalue weighted by atomic mass is 35.5. The Morgan fingerprint density at radius 1 is 1.25 bits per heavy atom. The Kier molecular flexibility index (Phi) is 4.80. The highest BCUT2D eigenvalue weighted by Crippen LogP contribution is 2.27. The third kappa shape index (κ3) is 3.55. The minimum atomic E-state index is -3.58. The Hall–Kier alpha value is -1.63. The molecule has 0 radical (unpaired) electrons. The van der Waals surface area contributed by atoms with Crippen LogP contribution >= 0.6 is 11.6 Å². The van der Waals surface area contributed by atoms with Crippen LogP contribution in [-0.2, 0) is 10.0 Å². The smallest absolute Gasteiger partial charge is 0.243 e. The first kappa shape index (κ1) is 17.2. The van der Waals surface area contributed by atoms with E-state index in [0.29, 0.717) is 36.0 Å². The number of hydrogen-bond donors (Lipinski definition) is 0. The molecule has 0 aliphatic carbocycles. The van der Waals surface area contributed by atoms with E-state index in [2.05, 4.69) is 4.98 Å². The van der Waals surface area contributed by atoms with Gasteiger partial charge in [-0.1, -0.05) is 23.7 Å². The molecule has 24 heavy (non-hydrogen) atoms. The van der Waals surface area contributed by atoms with E-state index >= 15 is 0 Å². The quantitative estimate of drug-likeness (QED) is 0.833. The molecule has 1 aromatic carbocycles. The minimum absolute atomic E-state index is 0.200. The van der Waals surface area contributed by atoms with Gasteiger partial charge >= 0.3 is 0 Å². The van der Waals surface area contributed by atoms with Crippen molar-refractivity contribution in [2.24, 2.45) is 0 Å². The standard InChI is InChI=1S/C17H19ClN2O3S/c1-12-6-7-14(18)10-16(12)24(21,22)20-9-8-15(11-20)23-17-5-3-4-13(2)19-17/h3-7,10,15H,8-9,11H2,1-2H3/t15-/m1/s1. The second-order valence-electron chi connectivity index (χ2n) is 5.92. The molecule has 1 saturated heterocycles. The number of aryl methyl sites for hydroxylation is 2. The molecule has 1 fully saturated rings. The monoisotopic (exact) mass is 366 g/mol. The lowest BCUT2D eigenvalue weighted by Gasteiger charge is -2.18. The van der Waals surface area contributed by atoms with Gasteiger partial charge in [0.15, 0.2) is 0 Å². The molecule has 0 amide bonds. The number of pyridine rings is 1. The summed E-state index contributed by atoms with van der Waals surface area (Å²) in [5.74, 6) is 0.526. The zero-order chi connectivity index (χ0) is 17.3. The highest BCUT2D eigenvalue weighted by molar-refractivity contribution is 7.89. The Labute approximate surface area is 147 Å². The number of benzene rings is 1. The topological polar surface area (TPSA) is 59.5 Å². The number of hydrogen-bond acceptors (Lipinski definition) is 4. The van der Waals surface area contributed by atoms with Crippen molar-refractivity contribution >= 4 is 21.6 Å². The number of sulfonamides is 1. The third-order valence-electron chi connectivity index (χ3n) is 4.03. The van der Waals surface area contributed by atoms with E-state index in [-0.39, 0.29) is 11.0 Å². The SMILES string of the molecule is Cc1cccc(O[C@@H]2CCN(S(=O)(=O)c3cc(Cl)ccc3C)C2)n1. The first-order chi connectivity index (χ1) is 11.4. The summed E-state index contributed by atoms with van der Waals surface area (Å²) in [5.41, 5.74) is 1.55. The second kappa shape index (κ2) is 6.70. The van der Waals surface area contributed by atoms with Gasteiger partial charge in [0.2, 0.25) is 15.9 Å². The van der Waals surface area contributed by atoms with Crippen molar-refractivity contribution in [1.82, 2.24) is 9.29 Å². The van der Waals surface area contributed by atoms with E-state index in [1.807, 2.05) is 19.1 Å². The van der Waals surface area contributed by atoms with Crippen molar-refractivity contribution in [2.75, 3.05) is 13.1 Å². The Balaban J connectivity index is 1.76. The summed E-state index contributed by atoms with van der Waals surface area (Å²) in [7, 11) is -3.58. The summed E-state index contributed by atoms with van der Waals surface area (Å²) < 4.78 is 33.0. The highest BCUT2D eigenvalue weighted by Gasteiger charge is 2.34. The van der Waals surface area contributed by atoms with Crippen molar-refractivity contribution in [3.63, 3.8) is 0 Å². The molecule has 0 saturated carbocycles. The lowest BCUT2D eigenvalue weighted by Crippen LogP contribution is -2.31. The lowest BCUT2D eigenvalue weighted by molar-refractivity contribution is 0.206. The van der Waals surface area contributed by atoms with Crippen molar-refractivity contribution in [1.29, 1.82) is 0 Å². The molecular formula is C17H19ClN2O3S. The first-order valence-corrected chi connectivity index (χ1v) is 9.55. The van der Waals surface area contributed by atoms with E-state index in [0.717, 1.165) is 5.69 Å². The van der Waals surface area contributed by atoms with Gasteiger partial charge in [-0.25, -0.2) is 13.4 Å². The van der Waals surface area contributed by atoms with Crippen LogP contribution in [0.3, 0.4) is 0 Å². The van der Waals surface area contributed by atoms with E-state index in [9.17, 15) is 8.42 Å². The van der Waals surface area contributed by atoms with Gasteiger partial charge in [-0.3, -0.25) is 0 Å². The summed E-state index contributed by atoms with van der Waals surface area (Å²) in [4.78, 5) is 4.55. The van der Waals surface area contributed by atoms with Gasteiger partial charge in [0.25, 0.3) is 0 Å². The number of aromatic nitrogens is 1. The Morgan fingerprint density at radius 3 is 2.79 bits per heavy atom. The van der Waals surface area contributed by atoms with E-state index in [1.165, 1.54) is 10.4 Å². The van der Waals surface area contributed by atoms with Crippen LogP contribution in [0.2, 0.25) is 5.02 Å². The van der Waals surface area contributed by atoms with Crippen molar-refractivity contribution < 1.29 is 13.2 Å². The maximum absolute atomic E-state index is 12.9. The van der Waals surface area contributed by atoms with Gasteiger partial charge in [-0.05, 0) is 44.0 Å². The molecule has 0 unspecified atom stereocenters. The van der Waals surface area contributed by atoms with Crippen LogP contribution in [0.1, 0.15) is 17.7 Å². The van der Waals surface area contributed by atoms with Gasteiger partial charge < -0.3 is 4.74 Å². The molecule has 2 heterocycles. The fourth-order valence-electron chi connectivity index (χ4n) is 2.76. The third-order valence-corrected chi connectivity index (χ3v) is 6.27. The van der Waals surface area contributed by atoms with E-state index in [1.54, 1.807) is 25.1 Å². The maximum atomic E-state index is 12.9. The molecular weight excluding hydrogens is 348 g/mol. The molecule has 0 bridgehead atoms. The Bertz CT molecular complexity index is 855. The van der Waals surface area contributed by atoms with Crippen molar-refractivity contribution in [3.05, 3.63) is 52.7 Å². The van der Waals surface area contributed by atoms with Crippen LogP contribution in [-0.4, -0.2) is 36.9 Å². The molecule has 2 aromatic rings. The predicted molar refractivity (Wildman–Crippen MR) is 93.0 cm³/mol. The average Bonchev–Trinajstić information content (AvgIpc) is 2.99. The molecule has 128 valence electrons. The number of rotatable bonds is 4. The summed E-state index contributed by atoms with van der Waals surface area (Å²) in [5, 5.41) is 0.412. The second-order valence-corrected chi connectivity index (χ2v) is 8.26. The van der Waals surface area contributed by atoms with E-state index in [4.69, 9.17) is 16.3 Å². The van der Waals surface area contributed by atoms with Gasteiger partial charge in [0.1, 0.15) is 6.10 Å². The zero-order valence-corrected chi connectivity index (χ0v) is 15.1. The average molecular weight is 367 g/mol. The van der Waals surface area contributed by atoms with E-state index < -0.39 is 10.0 Å². The molecule has 1 atom stereocenters.